The van der Waals surface area contributed by atoms with E-state index in [4.69, 9.17) is 0 Å². The van der Waals surface area contributed by atoms with E-state index in [0.717, 1.165) is 25.7 Å². The van der Waals surface area contributed by atoms with Crippen molar-refractivity contribution in [1.29, 1.82) is 0 Å². The highest BCUT2D eigenvalue weighted by molar-refractivity contribution is 7.80. The van der Waals surface area contributed by atoms with Gasteiger partial charge in [0.25, 0.3) is 0 Å². The SMILES string of the molecule is CC(C)=CCCC(C)=CCCC(C)=CCCC=C(C)CCC=C(C)CCC=C(C)CC(C)S. The Balaban J connectivity index is 4.10. The van der Waals surface area contributed by atoms with Gasteiger partial charge in [0.15, 0.2) is 0 Å². The normalized spacial score (nSPS) is 15.1. The molecule has 1 atom stereocenters. The van der Waals surface area contributed by atoms with E-state index in [2.05, 4.69) is 104 Å². The van der Waals surface area contributed by atoms with Crippen LogP contribution in [0.3, 0.4) is 0 Å². The van der Waals surface area contributed by atoms with Gasteiger partial charge in [-0.2, -0.15) is 12.6 Å². The second-order valence-electron chi connectivity index (χ2n) is 10.3. The zero-order chi connectivity index (χ0) is 25.1. The molecule has 0 N–H and O–H groups in total. The lowest BCUT2D eigenvalue weighted by molar-refractivity contribution is 0.885. The smallest absolute Gasteiger partial charge is 0.00255 e. The first kappa shape index (κ1) is 31.8. The molecule has 0 amide bonds. The largest absolute Gasteiger partial charge is 0.176 e. The molecule has 33 heavy (non-hydrogen) atoms. The Labute approximate surface area is 213 Å². The monoisotopic (exact) mass is 470 g/mol. The van der Waals surface area contributed by atoms with Crippen LogP contribution in [0.25, 0.3) is 0 Å². The second kappa shape index (κ2) is 20.2. The van der Waals surface area contributed by atoms with Crippen molar-refractivity contribution < 1.29 is 0 Å². The highest BCUT2D eigenvalue weighted by atomic mass is 32.1. The van der Waals surface area contributed by atoms with Crippen LogP contribution in [0, 0.1) is 0 Å². The predicted molar refractivity (Wildman–Crippen MR) is 157 cm³/mol. The predicted octanol–water partition coefficient (Wildman–Crippen LogP) is 11.3. The lowest BCUT2D eigenvalue weighted by atomic mass is 10.0. The highest BCUT2D eigenvalue weighted by Gasteiger charge is 1.97. The average molecular weight is 471 g/mol. The Kier molecular flexibility index (Phi) is 19.4. The molecule has 0 aliphatic heterocycles. The van der Waals surface area contributed by atoms with Crippen molar-refractivity contribution in [3.63, 3.8) is 0 Å². The molecule has 0 spiro atoms. The first-order chi connectivity index (χ1) is 15.6. The first-order valence-corrected chi connectivity index (χ1v) is 13.7. The van der Waals surface area contributed by atoms with Crippen molar-refractivity contribution in [2.45, 2.75) is 131 Å². The van der Waals surface area contributed by atoms with Gasteiger partial charge in [0.1, 0.15) is 0 Å². The molecule has 1 unspecified atom stereocenters. The molecule has 0 aromatic heterocycles. The van der Waals surface area contributed by atoms with Gasteiger partial charge in [-0.15, -0.1) is 0 Å². The molecule has 0 saturated carbocycles. The van der Waals surface area contributed by atoms with Crippen LogP contribution in [-0.4, -0.2) is 5.25 Å². The zero-order valence-corrected chi connectivity index (χ0v) is 24.2. The van der Waals surface area contributed by atoms with Crippen molar-refractivity contribution >= 4 is 12.6 Å². The molecule has 0 fully saturated rings. The van der Waals surface area contributed by atoms with Gasteiger partial charge in [-0.05, 0) is 119 Å². The van der Waals surface area contributed by atoms with Gasteiger partial charge in [-0.25, -0.2) is 0 Å². The van der Waals surface area contributed by atoms with Crippen molar-refractivity contribution in [1.82, 2.24) is 0 Å². The standard InChI is InChI=1S/C32H54S/c1-26(2)15-11-18-29(5)21-12-19-27(3)16-9-10-17-28(4)20-13-22-30(6)23-14-24-31(7)25-32(8)33/h15-17,21-22,24,32-33H,9-14,18-20,23,25H2,1-8H3. The Morgan fingerprint density at radius 1 is 0.485 bits per heavy atom. The molecular weight excluding hydrogens is 416 g/mol. The number of rotatable bonds is 17. The van der Waals surface area contributed by atoms with Crippen LogP contribution in [0.4, 0.5) is 0 Å². The second-order valence-corrected chi connectivity index (χ2v) is 11.2. The van der Waals surface area contributed by atoms with Crippen molar-refractivity contribution in [3.8, 4) is 0 Å². The summed E-state index contributed by atoms with van der Waals surface area (Å²) in [6.07, 6.45) is 27.3. The summed E-state index contributed by atoms with van der Waals surface area (Å²) in [5, 5.41) is 0.459. The van der Waals surface area contributed by atoms with E-state index in [-0.39, 0.29) is 0 Å². The Hall–Kier alpha value is -1.21. The fraction of sp³-hybridized carbons (Fsp3) is 0.625. The summed E-state index contributed by atoms with van der Waals surface area (Å²) in [5.74, 6) is 0. The van der Waals surface area contributed by atoms with Crippen LogP contribution < -0.4 is 0 Å². The van der Waals surface area contributed by atoms with E-state index in [1.807, 2.05) is 0 Å². The van der Waals surface area contributed by atoms with Crippen LogP contribution in [0.5, 0.6) is 0 Å². The van der Waals surface area contributed by atoms with E-state index < -0.39 is 0 Å². The number of thiol groups is 1. The van der Waals surface area contributed by atoms with E-state index >= 15 is 0 Å². The first-order valence-electron chi connectivity index (χ1n) is 13.2. The minimum atomic E-state index is 0.459. The molecule has 0 aromatic carbocycles. The Bertz CT molecular complexity index is 703. The van der Waals surface area contributed by atoms with Crippen molar-refractivity contribution in [2.75, 3.05) is 0 Å². The maximum atomic E-state index is 4.48. The quantitative estimate of drug-likeness (QED) is 0.122. The maximum Gasteiger partial charge on any atom is 0.00255 e. The molecule has 0 radical (unpaired) electrons. The van der Waals surface area contributed by atoms with Gasteiger partial charge in [-0.1, -0.05) is 76.8 Å². The summed E-state index contributed by atoms with van der Waals surface area (Å²) in [4.78, 5) is 0. The van der Waals surface area contributed by atoms with E-state index in [1.165, 1.54) is 78.4 Å². The number of hydrogen-bond acceptors (Lipinski definition) is 1. The summed E-state index contributed by atoms with van der Waals surface area (Å²) >= 11 is 4.48. The van der Waals surface area contributed by atoms with Crippen LogP contribution in [0.15, 0.2) is 69.9 Å². The molecular formula is C32H54S. The Morgan fingerprint density at radius 2 is 0.788 bits per heavy atom. The van der Waals surface area contributed by atoms with Crippen molar-refractivity contribution in [3.05, 3.63) is 69.9 Å². The van der Waals surface area contributed by atoms with Gasteiger partial charge in [0, 0.05) is 5.25 Å². The summed E-state index contributed by atoms with van der Waals surface area (Å²) in [7, 11) is 0. The van der Waals surface area contributed by atoms with Gasteiger partial charge < -0.3 is 0 Å². The highest BCUT2D eigenvalue weighted by Crippen LogP contribution is 2.16. The lowest BCUT2D eigenvalue weighted by Crippen LogP contribution is -1.91. The van der Waals surface area contributed by atoms with Crippen LogP contribution in [-0.2, 0) is 0 Å². The summed E-state index contributed by atoms with van der Waals surface area (Å²) in [6, 6.07) is 0. The minimum Gasteiger partial charge on any atom is -0.176 e. The van der Waals surface area contributed by atoms with Crippen LogP contribution in [0.2, 0.25) is 0 Å². The van der Waals surface area contributed by atoms with E-state index in [9.17, 15) is 0 Å². The fourth-order valence-electron chi connectivity index (χ4n) is 3.84. The lowest BCUT2D eigenvalue weighted by Gasteiger charge is -2.05. The third kappa shape index (κ3) is 22.4. The number of unbranched alkanes of at least 4 members (excludes halogenated alkanes) is 1. The molecule has 0 saturated heterocycles. The van der Waals surface area contributed by atoms with Gasteiger partial charge in [0.05, 0.1) is 0 Å². The number of allylic oxidation sites excluding steroid dienone is 12. The number of hydrogen-bond donors (Lipinski definition) is 1. The van der Waals surface area contributed by atoms with Gasteiger partial charge in [0.2, 0.25) is 0 Å². The molecule has 0 nitrogen and oxygen atoms in total. The molecule has 0 heterocycles. The third-order valence-corrected chi connectivity index (χ3v) is 6.14. The molecule has 0 aliphatic rings. The van der Waals surface area contributed by atoms with E-state index in [0.29, 0.717) is 5.25 Å². The summed E-state index contributed by atoms with van der Waals surface area (Å²) in [6.45, 7) is 17.9. The maximum absolute atomic E-state index is 4.48. The Morgan fingerprint density at radius 3 is 1.12 bits per heavy atom. The van der Waals surface area contributed by atoms with Crippen LogP contribution in [0.1, 0.15) is 126 Å². The van der Waals surface area contributed by atoms with Crippen LogP contribution >= 0.6 is 12.6 Å². The zero-order valence-electron chi connectivity index (χ0n) is 23.3. The molecule has 1 heteroatoms. The summed E-state index contributed by atoms with van der Waals surface area (Å²) < 4.78 is 0. The average Bonchev–Trinajstić information content (AvgIpc) is 2.70. The fourth-order valence-corrected chi connectivity index (χ4v) is 4.13. The molecule has 0 bridgehead atoms. The molecule has 0 rings (SSSR count). The van der Waals surface area contributed by atoms with E-state index in [1.54, 1.807) is 0 Å². The van der Waals surface area contributed by atoms with Gasteiger partial charge in [-0.3, -0.25) is 0 Å². The summed E-state index contributed by atoms with van der Waals surface area (Å²) in [5.41, 5.74) is 8.99. The van der Waals surface area contributed by atoms with Gasteiger partial charge >= 0.3 is 0 Å². The topological polar surface area (TPSA) is 0 Å². The molecule has 0 aliphatic carbocycles. The van der Waals surface area contributed by atoms with Crippen molar-refractivity contribution in [2.24, 2.45) is 0 Å². The minimum absolute atomic E-state index is 0.459. The third-order valence-electron chi connectivity index (χ3n) is 5.96. The molecule has 0 aromatic rings. The molecule has 188 valence electrons.